The number of benzene rings is 1. The van der Waals surface area contributed by atoms with E-state index >= 15 is 0 Å². The van der Waals surface area contributed by atoms with Crippen molar-refractivity contribution in [2.24, 2.45) is 10.8 Å². The van der Waals surface area contributed by atoms with Crippen LogP contribution in [0.15, 0.2) is 24.3 Å². The molecule has 7 nitrogen and oxygen atoms in total. The molecule has 1 aromatic carbocycles. The number of fused-ring (bicyclic) bond motifs is 2. The van der Waals surface area contributed by atoms with E-state index in [0.717, 1.165) is 19.3 Å². The average molecular weight is 397 g/mol. The van der Waals surface area contributed by atoms with Gasteiger partial charge in [0.05, 0.1) is 11.6 Å². The summed E-state index contributed by atoms with van der Waals surface area (Å²) in [5, 5.41) is 11.1. The van der Waals surface area contributed by atoms with Crippen molar-refractivity contribution in [1.29, 1.82) is 5.26 Å². The first kappa shape index (κ1) is 20.8. The molecule has 1 saturated carbocycles. The first-order valence-electron chi connectivity index (χ1n) is 9.84. The molecule has 2 fully saturated rings. The Bertz CT molecular complexity index is 856. The highest BCUT2D eigenvalue weighted by Gasteiger charge is 2.50. The monoisotopic (exact) mass is 397 g/mol. The molecule has 1 saturated heterocycles. The van der Waals surface area contributed by atoms with Crippen molar-refractivity contribution in [2.45, 2.75) is 52.5 Å². The van der Waals surface area contributed by atoms with Gasteiger partial charge in [-0.25, -0.2) is 4.79 Å². The lowest BCUT2D eigenvalue weighted by Gasteiger charge is -2.39. The summed E-state index contributed by atoms with van der Waals surface area (Å²) in [5.74, 6) is -1.15. The van der Waals surface area contributed by atoms with Crippen LogP contribution < -0.4 is 5.32 Å². The summed E-state index contributed by atoms with van der Waals surface area (Å²) in [6.07, 6.45) is 2.84. The van der Waals surface area contributed by atoms with E-state index in [1.54, 1.807) is 18.2 Å². The lowest BCUT2D eigenvalue weighted by Crippen LogP contribution is -2.39. The minimum absolute atomic E-state index is 0.137. The SMILES string of the molecule is CC1(C)C[C@H]2C[C@](C)(CN2C(=O)COC(=O)c2ccc(NC(=O)CC#N)cc2)C1. The van der Waals surface area contributed by atoms with Gasteiger partial charge in [-0.3, -0.25) is 9.59 Å². The van der Waals surface area contributed by atoms with Crippen molar-refractivity contribution in [3.05, 3.63) is 29.8 Å². The van der Waals surface area contributed by atoms with Gasteiger partial charge in [-0.2, -0.15) is 5.26 Å². The number of ether oxygens (including phenoxy) is 1. The molecule has 2 aliphatic rings. The van der Waals surface area contributed by atoms with Gasteiger partial charge in [0.2, 0.25) is 5.91 Å². The van der Waals surface area contributed by atoms with Gasteiger partial charge >= 0.3 is 5.97 Å². The minimum Gasteiger partial charge on any atom is -0.452 e. The highest BCUT2D eigenvalue weighted by molar-refractivity contribution is 5.94. The van der Waals surface area contributed by atoms with Crippen LogP contribution >= 0.6 is 0 Å². The first-order chi connectivity index (χ1) is 13.6. The number of esters is 1. The van der Waals surface area contributed by atoms with Gasteiger partial charge in [-0.05, 0) is 54.4 Å². The molecule has 154 valence electrons. The fourth-order valence-corrected chi connectivity index (χ4v) is 5.01. The number of likely N-dealkylation sites (tertiary alicyclic amines) is 1. The van der Waals surface area contributed by atoms with Crippen molar-refractivity contribution in [2.75, 3.05) is 18.5 Å². The summed E-state index contributed by atoms with van der Waals surface area (Å²) in [4.78, 5) is 38.3. The second-order valence-electron chi connectivity index (χ2n) is 9.27. The molecule has 1 N–H and O–H groups in total. The third-order valence-corrected chi connectivity index (χ3v) is 5.71. The number of amides is 2. The Morgan fingerprint density at radius 3 is 2.55 bits per heavy atom. The van der Waals surface area contributed by atoms with Gasteiger partial charge in [0.1, 0.15) is 6.42 Å². The predicted octanol–water partition coefficient (Wildman–Crippen LogP) is 3.12. The fourth-order valence-electron chi connectivity index (χ4n) is 5.01. The zero-order valence-corrected chi connectivity index (χ0v) is 17.2. The van der Waals surface area contributed by atoms with Crippen molar-refractivity contribution in [3.8, 4) is 6.07 Å². The average Bonchev–Trinajstić information content (AvgIpc) is 2.89. The number of nitrogens with zero attached hydrogens (tertiary/aromatic N) is 2. The highest BCUT2D eigenvalue weighted by atomic mass is 16.5. The Morgan fingerprint density at radius 1 is 1.21 bits per heavy atom. The van der Waals surface area contributed by atoms with E-state index in [4.69, 9.17) is 10.00 Å². The molecule has 2 atom stereocenters. The quantitative estimate of drug-likeness (QED) is 0.770. The van der Waals surface area contributed by atoms with Gasteiger partial charge in [0.15, 0.2) is 6.61 Å². The number of rotatable bonds is 5. The third-order valence-electron chi connectivity index (χ3n) is 5.71. The molecule has 1 heterocycles. The maximum absolute atomic E-state index is 12.7. The van der Waals surface area contributed by atoms with Crippen LogP contribution in [0, 0.1) is 22.2 Å². The summed E-state index contributed by atoms with van der Waals surface area (Å²) in [5.41, 5.74) is 1.13. The van der Waals surface area contributed by atoms with Crippen molar-refractivity contribution in [3.63, 3.8) is 0 Å². The first-order valence-corrected chi connectivity index (χ1v) is 9.84. The summed E-state index contributed by atoms with van der Waals surface area (Å²) in [6, 6.07) is 8.12. The van der Waals surface area contributed by atoms with Crippen LogP contribution in [0.25, 0.3) is 0 Å². The fraction of sp³-hybridized carbons (Fsp3) is 0.545. The zero-order valence-electron chi connectivity index (χ0n) is 17.2. The Morgan fingerprint density at radius 2 is 1.90 bits per heavy atom. The van der Waals surface area contributed by atoms with Crippen LogP contribution in [0.2, 0.25) is 0 Å². The van der Waals surface area contributed by atoms with Crippen LogP contribution in [0.5, 0.6) is 0 Å². The van der Waals surface area contributed by atoms with Gasteiger partial charge in [0, 0.05) is 18.3 Å². The van der Waals surface area contributed by atoms with E-state index in [-0.39, 0.29) is 35.8 Å². The Kier molecular flexibility index (Phi) is 5.65. The van der Waals surface area contributed by atoms with Crippen LogP contribution in [-0.4, -0.2) is 41.9 Å². The molecule has 1 aliphatic carbocycles. The summed E-state index contributed by atoms with van der Waals surface area (Å²) >= 11 is 0. The summed E-state index contributed by atoms with van der Waals surface area (Å²) < 4.78 is 5.23. The standard InChI is InChI=1S/C22H27N3O4/c1-21(2)10-17-11-22(3,13-21)14-25(17)19(27)12-29-20(28)15-4-6-16(7-5-15)24-18(26)8-9-23/h4-7,17H,8,10-14H2,1-3H3,(H,24,26)/t17-,22-/m0/s1. The van der Waals surface area contributed by atoms with Crippen molar-refractivity contribution in [1.82, 2.24) is 4.90 Å². The Balaban J connectivity index is 1.54. The number of hydrogen-bond acceptors (Lipinski definition) is 5. The molecular formula is C22H27N3O4. The molecule has 7 heteroatoms. The lowest BCUT2D eigenvalue weighted by molar-refractivity contribution is -0.135. The molecule has 1 aromatic rings. The van der Waals surface area contributed by atoms with E-state index in [0.29, 0.717) is 17.8 Å². The summed E-state index contributed by atoms with van der Waals surface area (Å²) in [7, 11) is 0. The van der Waals surface area contributed by atoms with Crippen LogP contribution in [0.4, 0.5) is 5.69 Å². The maximum atomic E-state index is 12.7. The highest BCUT2D eigenvalue weighted by Crippen LogP contribution is 2.52. The second-order valence-corrected chi connectivity index (χ2v) is 9.27. The van der Waals surface area contributed by atoms with Crippen LogP contribution in [-0.2, 0) is 14.3 Å². The minimum atomic E-state index is -0.582. The molecule has 0 radical (unpaired) electrons. The van der Waals surface area contributed by atoms with Crippen molar-refractivity contribution < 1.29 is 19.1 Å². The van der Waals surface area contributed by atoms with Gasteiger partial charge in [-0.1, -0.05) is 20.8 Å². The van der Waals surface area contributed by atoms with E-state index in [1.165, 1.54) is 12.1 Å². The van der Waals surface area contributed by atoms with Gasteiger partial charge in [0.25, 0.3) is 5.91 Å². The normalized spacial score (nSPS) is 24.5. The Labute approximate surface area is 171 Å². The topological polar surface area (TPSA) is 99.5 Å². The largest absolute Gasteiger partial charge is 0.452 e. The molecule has 29 heavy (non-hydrogen) atoms. The smallest absolute Gasteiger partial charge is 0.338 e. The van der Waals surface area contributed by atoms with E-state index in [9.17, 15) is 14.4 Å². The van der Waals surface area contributed by atoms with Crippen LogP contribution in [0.3, 0.4) is 0 Å². The Hall–Kier alpha value is -2.88. The van der Waals surface area contributed by atoms with E-state index < -0.39 is 11.9 Å². The molecule has 0 aromatic heterocycles. The number of nitriles is 1. The lowest BCUT2D eigenvalue weighted by atomic mass is 9.65. The van der Waals surface area contributed by atoms with Gasteiger partial charge in [-0.15, -0.1) is 0 Å². The molecule has 0 spiro atoms. The number of anilines is 1. The predicted molar refractivity (Wildman–Crippen MR) is 107 cm³/mol. The third kappa shape index (κ3) is 4.94. The van der Waals surface area contributed by atoms with Crippen LogP contribution in [0.1, 0.15) is 56.8 Å². The molecule has 2 amide bonds. The molecule has 3 rings (SSSR count). The van der Waals surface area contributed by atoms with E-state index in [1.807, 2.05) is 4.90 Å². The number of carbonyl (C=O) groups is 3. The summed E-state index contributed by atoms with van der Waals surface area (Å²) in [6.45, 7) is 7.17. The van der Waals surface area contributed by atoms with Gasteiger partial charge < -0.3 is 15.0 Å². The molecular weight excluding hydrogens is 370 g/mol. The number of hydrogen-bond donors (Lipinski definition) is 1. The number of nitrogens with one attached hydrogen (secondary N) is 1. The molecule has 0 unspecified atom stereocenters. The second kappa shape index (κ2) is 7.86. The van der Waals surface area contributed by atoms with E-state index in [2.05, 4.69) is 26.1 Å². The maximum Gasteiger partial charge on any atom is 0.338 e. The number of carbonyl (C=O) groups excluding carboxylic acids is 3. The molecule has 1 aliphatic heterocycles. The zero-order chi connectivity index (χ0) is 21.2. The van der Waals surface area contributed by atoms with Crippen molar-refractivity contribution >= 4 is 23.5 Å². The molecule has 2 bridgehead atoms.